The van der Waals surface area contributed by atoms with Crippen LogP contribution in [0.3, 0.4) is 0 Å². The van der Waals surface area contributed by atoms with Gasteiger partial charge in [0.05, 0.1) is 11.0 Å². The first-order valence-corrected chi connectivity index (χ1v) is 11.3. The fourth-order valence-corrected chi connectivity index (χ4v) is 5.85. The maximum absolute atomic E-state index is 12.3. The number of imidazole rings is 1. The van der Waals surface area contributed by atoms with E-state index in [1.807, 2.05) is 4.90 Å². The van der Waals surface area contributed by atoms with Gasteiger partial charge < -0.3 is 14.2 Å². The summed E-state index contributed by atoms with van der Waals surface area (Å²) in [6.07, 6.45) is 8.17. The Morgan fingerprint density at radius 3 is 2.55 bits per heavy atom. The van der Waals surface area contributed by atoms with E-state index in [0.717, 1.165) is 56.7 Å². The van der Waals surface area contributed by atoms with Crippen molar-refractivity contribution in [2.45, 2.75) is 70.0 Å². The monoisotopic (exact) mass is 396 g/mol. The summed E-state index contributed by atoms with van der Waals surface area (Å²) in [4.78, 5) is 21.5. The zero-order chi connectivity index (χ0) is 19.8. The van der Waals surface area contributed by atoms with Gasteiger partial charge in [-0.25, -0.2) is 9.78 Å². The summed E-state index contributed by atoms with van der Waals surface area (Å²) in [7, 11) is 0. The molecule has 2 bridgehead atoms. The van der Waals surface area contributed by atoms with Crippen LogP contribution in [-0.2, 0) is 4.74 Å². The van der Waals surface area contributed by atoms with Crippen molar-refractivity contribution >= 4 is 17.1 Å². The molecule has 3 aliphatic rings. The van der Waals surface area contributed by atoms with Crippen molar-refractivity contribution in [1.82, 2.24) is 19.4 Å². The number of carbonyl (C=O) groups excluding carboxylic acids is 1. The zero-order valence-corrected chi connectivity index (χ0v) is 17.4. The largest absolute Gasteiger partial charge is 0.448 e. The summed E-state index contributed by atoms with van der Waals surface area (Å²) in [5, 5.41) is 0. The number of likely N-dealkylation sites (tertiary alicyclic amines) is 1. The van der Waals surface area contributed by atoms with Crippen molar-refractivity contribution in [2.75, 3.05) is 26.2 Å². The first-order valence-electron chi connectivity index (χ1n) is 11.3. The number of aryl methyl sites for hydroxylation is 1. The Hall–Kier alpha value is -2.08. The van der Waals surface area contributed by atoms with Gasteiger partial charge >= 0.3 is 6.09 Å². The number of aromatic nitrogens is 2. The molecule has 2 atom stereocenters. The van der Waals surface area contributed by atoms with Crippen LogP contribution in [0.4, 0.5) is 4.79 Å². The molecular formula is C23H32N4O2. The highest BCUT2D eigenvalue weighted by Crippen LogP contribution is 2.42. The summed E-state index contributed by atoms with van der Waals surface area (Å²) in [5.41, 5.74) is 2.36. The summed E-state index contributed by atoms with van der Waals surface area (Å²) in [6.45, 7) is 5.22. The van der Waals surface area contributed by atoms with Gasteiger partial charge in [-0.2, -0.15) is 0 Å². The highest BCUT2D eigenvalue weighted by molar-refractivity contribution is 5.76. The predicted molar refractivity (Wildman–Crippen MR) is 113 cm³/mol. The van der Waals surface area contributed by atoms with Gasteiger partial charge in [0.1, 0.15) is 12.4 Å². The molecule has 1 aromatic heterocycles. The predicted octanol–water partition coefficient (Wildman–Crippen LogP) is 4.14. The molecule has 3 aliphatic heterocycles. The molecule has 0 aliphatic carbocycles. The Bertz CT molecular complexity index is 859. The average molecular weight is 397 g/mol. The number of benzene rings is 1. The van der Waals surface area contributed by atoms with E-state index in [1.165, 1.54) is 24.8 Å². The summed E-state index contributed by atoms with van der Waals surface area (Å²) < 4.78 is 8.08. The topological polar surface area (TPSA) is 50.6 Å². The number of amides is 1. The number of carbonyl (C=O) groups is 1. The van der Waals surface area contributed by atoms with Crippen LogP contribution in [0.2, 0.25) is 0 Å². The fourth-order valence-electron chi connectivity index (χ4n) is 5.85. The minimum Gasteiger partial charge on any atom is -0.448 e. The molecule has 4 heterocycles. The van der Waals surface area contributed by atoms with Crippen molar-refractivity contribution in [3.05, 3.63) is 30.1 Å². The molecule has 156 valence electrons. The van der Waals surface area contributed by atoms with E-state index in [1.54, 1.807) is 0 Å². The number of rotatable bonds is 4. The van der Waals surface area contributed by atoms with Crippen molar-refractivity contribution < 1.29 is 9.53 Å². The van der Waals surface area contributed by atoms with E-state index in [0.29, 0.717) is 24.7 Å². The second kappa shape index (κ2) is 7.98. The maximum atomic E-state index is 12.3. The Labute approximate surface area is 172 Å². The molecule has 2 unspecified atom stereocenters. The van der Waals surface area contributed by atoms with Gasteiger partial charge in [0.15, 0.2) is 0 Å². The molecule has 2 aromatic rings. The normalized spacial score (nSPS) is 27.5. The lowest BCUT2D eigenvalue weighted by molar-refractivity contribution is 0.0564. The summed E-state index contributed by atoms with van der Waals surface area (Å²) in [6, 6.07) is 10.2. The molecule has 0 radical (unpaired) electrons. The Kier molecular flexibility index (Phi) is 5.20. The van der Waals surface area contributed by atoms with Crippen LogP contribution in [0, 0.1) is 6.92 Å². The molecule has 1 amide bonds. The molecule has 1 aromatic carbocycles. The standard InChI is InChI=1S/C23H32N4O2/c1-17-24-21-7-3-4-8-22(21)27(17)20-15-18-9-10-19(16-20)26(18)13-14-29-23(28)25-11-5-2-6-12-25/h3-4,7-8,18-20H,2,5-6,9-16H2,1H3. The van der Waals surface area contributed by atoms with Crippen LogP contribution in [0.1, 0.15) is 56.8 Å². The number of hydrogen-bond donors (Lipinski definition) is 0. The van der Waals surface area contributed by atoms with Crippen molar-refractivity contribution in [3.63, 3.8) is 0 Å². The Morgan fingerprint density at radius 2 is 1.79 bits per heavy atom. The Morgan fingerprint density at radius 1 is 1.07 bits per heavy atom. The molecule has 3 fully saturated rings. The molecule has 0 saturated carbocycles. The van der Waals surface area contributed by atoms with Crippen molar-refractivity contribution in [1.29, 1.82) is 0 Å². The van der Waals surface area contributed by atoms with Crippen LogP contribution >= 0.6 is 0 Å². The van der Waals surface area contributed by atoms with E-state index >= 15 is 0 Å². The minimum absolute atomic E-state index is 0.118. The van der Waals surface area contributed by atoms with Crippen LogP contribution in [0.15, 0.2) is 24.3 Å². The SMILES string of the molecule is Cc1nc2ccccc2n1C1CC2CCC(C1)N2CCOC(=O)N1CCCCC1. The summed E-state index contributed by atoms with van der Waals surface area (Å²) in [5.74, 6) is 1.12. The van der Waals surface area contributed by atoms with Crippen molar-refractivity contribution in [3.8, 4) is 0 Å². The van der Waals surface area contributed by atoms with Crippen molar-refractivity contribution in [2.24, 2.45) is 0 Å². The van der Waals surface area contributed by atoms with Gasteiger partial charge in [-0.05, 0) is 64.0 Å². The molecular weight excluding hydrogens is 364 g/mol. The number of hydrogen-bond acceptors (Lipinski definition) is 4. The third kappa shape index (κ3) is 3.63. The van der Waals surface area contributed by atoms with E-state index < -0.39 is 0 Å². The van der Waals surface area contributed by atoms with Gasteiger partial charge in [-0.15, -0.1) is 0 Å². The highest BCUT2D eigenvalue weighted by Gasteiger charge is 2.41. The average Bonchev–Trinajstić information content (AvgIpc) is 3.19. The molecule has 0 spiro atoms. The van der Waals surface area contributed by atoms with Gasteiger partial charge in [0.2, 0.25) is 0 Å². The number of ether oxygens (including phenoxy) is 1. The number of nitrogens with zero attached hydrogens (tertiary/aromatic N) is 4. The first-order chi connectivity index (χ1) is 14.2. The zero-order valence-electron chi connectivity index (χ0n) is 17.4. The van der Waals surface area contributed by atoms with E-state index in [4.69, 9.17) is 9.72 Å². The van der Waals surface area contributed by atoms with Crippen LogP contribution in [0.25, 0.3) is 11.0 Å². The van der Waals surface area contributed by atoms with E-state index in [2.05, 4.69) is 40.7 Å². The number of piperidine rings is 2. The molecule has 29 heavy (non-hydrogen) atoms. The van der Waals surface area contributed by atoms with Gasteiger partial charge in [-0.3, -0.25) is 4.90 Å². The lowest BCUT2D eigenvalue weighted by Gasteiger charge is -2.39. The van der Waals surface area contributed by atoms with E-state index in [-0.39, 0.29) is 6.09 Å². The fraction of sp³-hybridized carbons (Fsp3) is 0.652. The molecule has 3 saturated heterocycles. The molecule has 6 nitrogen and oxygen atoms in total. The molecule has 6 heteroatoms. The quantitative estimate of drug-likeness (QED) is 0.780. The van der Waals surface area contributed by atoms with Crippen LogP contribution < -0.4 is 0 Å². The van der Waals surface area contributed by atoms with Crippen LogP contribution in [0.5, 0.6) is 0 Å². The lowest BCUT2D eigenvalue weighted by atomic mass is 9.96. The number of para-hydroxylation sites is 2. The lowest BCUT2D eigenvalue weighted by Crippen LogP contribution is -2.45. The second-order valence-electron chi connectivity index (χ2n) is 8.93. The smallest absolute Gasteiger partial charge is 0.409 e. The minimum atomic E-state index is -0.118. The van der Waals surface area contributed by atoms with Gasteiger partial charge in [0.25, 0.3) is 0 Å². The first kappa shape index (κ1) is 18.9. The van der Waals surface area contributed by atoms with Crippen LogP contribution in [-0.4, -0.2) is 63.8 Å². The Balaban J connectivity index is 1.20. The maximum Gasteiger partial charge on any atom is 0.409 e. The molecule has 5 rings (SSSR count). The summed E-state index contributed by atoms with van der Waals surface area (Å²) >= 11 is 0. The second-order valence-corrected chi connectivity index (χ2v) is 8.93. The third-order valence-corrected chi connectivity index (χ3v) is 7.19. The van der Waals surface area contributed by atoms with Gasteiger partial charge in [-0.1, -0.05) is 12.1 Å². The van der Waals surface area contributed by atoms with Gasteiger partial charge in [0, 0.05) is 37.8 Å². The van der Waals surface area contributed by atoms with E-state index in [9.17, 15) is 4.79 Å². The highest BCUT2D eigenvalue weighted by atomic mass is 16.6. The third-order valence-electron chi connectivity index (χ3n) is 7.19. The molecule has 0 N–H and O–H groups in total. The number of fused-ring (bicyclic) bond motifs is 3.